The second-order valence-electron chi connectivity index (χ2n) is 6.49. The van der Waals surface area contributed by atoms with Crippen molar-refractivity contribution in [1.82, 2.24) is 15.0 Å². The van der Waals surface area contributed by atoms with E-state index < -0.39 is 6.10 Å². The maximum Gasteiger partial charge on any atom is 0.222 e. The minimum Gasteiger partial charge on any atom is -0.387 e. The van der Waals surface area contributed by atoms with Crippen LogP contribution in [0.5, 0.6) is 0 Å². The van der Waals surface area contributed by atoms with E-state index in [1.807, 2.05) is 31.2 Å². The average molecular weight is 339 g/mol. The molecular formula is C19H25N5O. The van der Waals surface area contributed by atoms with Crippen molar-refractivity contribution in [3.05, 3.63) is 54.0 Å². The van der Waals surface area contributed by atoms with Gasteiger partial charge in [0.1, 0.15) is 5.82 Å². The molecule has 3 rings (SSSR count). The van der Waals surface area contributed by atoms with Gasteiger partial charge in [-0.3, -0.25) is 4.98 Å². The fourth-order valence-corrected chi connectivity index (χ4v) is 3.47. The molecule has 0 saturated carbocycles. The van der Waals surface area contributed by atoms with E-state index >= 15 is 0 Å². The van der Waals surface area contributed by atoms with Crippen molar-refractivity contribution >= 4 is 11.8 Å². The molecule has 0 unspecified atom stereocenters. The molecule has 1 aliphatic heterocycles. The molecule has 0 amide bonds. The molecule has 1 saturated heterocycles. The molecule has 3 N–H and O–H groups in total. The van der Waals surface area contributed by atoms with E-state index in [4.69, 9.17) is 5.73 Å². The summed E-state index contributed by atoms with van der Waals surface area (Å²) < 4.78 is 0. The van der Waals surface area contributed by atoms with Crippen LogP contribution in [0, 0.1) is 12.8 Å². The predicted molar refractivity (Wildman–Crippen MR) is 99.2 cm³/mol. The second-order valence-corrected chi connectivity index (χ2v) is 6.49. The molecule has 6 nitrogen and oxygen atoms in total. The number of nitrogens with zero attached hydrogens (tertiary/aromatic N) is 4. The van der Waals surface area contributed by atoms with Crippen LogP contribution in [0.2, 0.25) is 0 Å². The number of nitrogens with two attached hydrogens (primary N) is 1. The quantitative estimate of drug-likeness (QED) is 0.814. The van der Waals surface area contributed by atoms with Gasteiger partial charge in [0, 0.05) is 30.5 Å². The summed E-state index contributed by atoms with van der Waals surface area (Å²) in [4.78, 5) is 15.3. The van der Waals surface area contributed by atoms with Crippen LogP contribution in [0.1, 0.15) is 35.9 Å². The Hall–Kier alpha value is -2.47. The van der Waals surface area contributed by atoms with Crippen LogP contribution in [-0.4, -0.2) is 33.1 Å². The van der Waals surface area contributed by atoms with E-state index in [0.717, 1.165) is 55.1 Å². The number of allylic oxidation sites excluding steroid dienone is 1. The number of hydrogen-bond donors (Lipinski definition) is 2. The number of aliphatic hydroxyl groups excluding tert-OH is 1. The van der Waals surface area contributed by atoms with Crippen molar-refractivity contribution in [2.75, 3.05) is 23.7 Å². The van der Waals surface area contributed by atoms with Gasteiger partial charge in [0.05, 0.1) is 11.8 Å². The summed E-state index contributed by atoms with van der Waals surface area (Å²) in [5.74, 6) is 1.40. The molecule has 1 atom stereocenters. The standard InChI is InChI=1S/C19H25N5O/c1-3-6-15-13(2)22-19(20)23-18(15)24-11-8-14(9-12-24)17(25)16-7-4-5-10-21-16/h3-5,7,10,14,17,25H,1,6,8-9,11-12H2,2H3,(H2,20,22,23)/t17-/m0/s1. The van der Waals surface area contributed by atoms with Crippen LogP contribution in [-0.2, 0) is 6.42 Å². The smallest absolute Gasteiger partial charge is 0.222 e. The summed E-state index contributed by atoms with van der Waals surface area (Å²) in [6.07, 6.45) is 5.55. The molecule has 2 aromatic rings. The first-order chi connectivity index (χ1) is 12.1. The van der Waals surface area contributed by atoms with Crippen LogP contribution < -0.4 is 10.6 Å². The Morgan fingerprint density at radius 3 is 2.76 bits per heavy atom. The van der Waals surface area contributed by atoms with E-state index in [9.17, 15) is 5.11 Å². The monoisotopic (exact) mass is 339 g/mol. The molecule has 0 bridgehead atoms. The zero-order valence-electron chi connectivity index (χ0n) is 14.6. The van der Waals surface area contributed by atoms with Crippen LogP contribution in [0.3, 0.4) is 0 Å². The molecule has 1 aliphatic rings. The third-order valence-corrected chi connectivity index (χ3v) is 4.83. The molecule has 0 aliphatic carbocycles. The first-order valence-electron chi connectivity index (χ1n) is 8.68. The lowest BCUT2D eigenvalue weighted by Gasteiger charge is -2.35. The van der Waals surface area contributed by atoms with Crippen molar-refractivity contribution in [2.24, 2.45) is 5.92 Å². The molecule has 0 aromatic carbocycles. The summed E-state index contributed by atoms with van der Waals surface area (Å²) in [6.45, 7) is 7.44. The SMILES string of the molecule is C=CCc1c(C)nc(N)nc1N1CCC([C@H](O)c2ccccn2)CC1. The molecule has 3 heterocycles. The Labute approximate surface area is 148 Å². The van der Waals surface area contributed by atoms with Gasteiger partial charge in [-0.25, -0.2) is 4.98 Å². The highest BCUT2D eigenvalue weighted by molar-refractivity contribution is 5.52. The van der Waals surface area contributed by atoms with Gasteiger partial charge in [0.25, 0.3) is 0 Å². The first kappa shape index (κ1) is 17.4. The molecule has 6 heteroatoms. The Kier molecular flexibility index (Phi) is 5.28. The average Bonchev–Trinajstić information content (AvgIpc) is 2.64. The first-order valence-corrected chi connectivity index (χ1v) is 8.68. The fraction of sp³-hybridized carbons (Fsp3) is 0.421. The van der Waals surface area contributed by atoms with Crippen molar-refractivity contribution in [2.45, 2.75) is 32.3 Å². The van der Waals surface area contributed by atoms with Gasteiger partial charge in [-0.2, -0.15) is 4.98 Å². The van der Waals surface area contributed by atoms with E-state index in [0.29, 0.717) is 5.95 Å². The van der Waals surface area contributed by atoms with Crippen molar-refractivity contribution < 1.29 is 5.11 Å². The fourth-order valence-electron chi connectivity index (χ4n) is 3.47. The molecule has 0 radical (unpaired) electrons. The van der Waals surface area contributed by atoms with Gasteiger partial charge in [-0.05, 0) is 44.2 Å². The molecule has 1 fully saturated rings. The van der Waals surface area contributed by atoms with Gasteiger partial charge in [0.2, 0.25) is 5.95 Å². The van der Waals surface area contributed by atoms with E-state index in [1.165, 1.54) is 0 Å². The van der Waals surface area contributed by atoms with Gasteiger partial charge >= 0.3 is 0 Å². The summed E-state index contributed by atoms with van der Waals surface area (Å²) in [6, 6.07) is 5.66. The Bertz CT molecular complexity index is 726. The van der Waals surface area contributed by atoms with Crippen molar-refractivity contribution in [1.29, 1.82) is 0 Å². The number of hydrogen-bond acceptors (Lipinski definition) is 6. The summed E-state index contributed by atoms with van der Waals surface area (Å²) in [5.41, 5.74) is 8.58. The number of piperidine rings is 1. The van der Waals surface area contributed by atoms with Crippen LogP contribution in [0.25, 0.3) is 0 Å². The van der Waals surface area contributed by atoms with Gasteiger partial charge in [-0.15, -0.1) is 6.58 Å². The van der Waals surface area contributed by atoms with E-state index in [2.05, 4.69) is 26.4 Å². The number of pyridine rings is 1. The molecule has 0 spiro atoms. The van der Waals surface area contributed by atoms with Crippen LogP contribution in [0.4, 0.5) is 11.8 Å². The highest BCUT2D eigenvalue weighted by Gasteiger charge is 2.28. The molecular weight excluding hydrogens is 314 g/mol. The van der Waals surface area contributed by atoms with Crippen LogP contribution in [0.15, 0.2) is 37.1 Å². The third kappa shape index (κ3) is 3.79. The Morgan fingerprint density at radius 2 is 2.12 bits per heavy atom. The number of anilines is 2. The van der Waals surface area contributed by atoms with Crippen LogP contribution >= 0.6 is 0 Å². The Morgan fingerprint density at radius 1 is 1.36 bits per heavy atom. The minimum absolute atomic E-state index is 0.203. The van der Waals surface area contributed by atoms with Gasteiger partial charge in [-0.1, -0.05) is 12.1 Å². The van der Waals surface area contributed by atoms with E-state index in [-0.39, 0.29) is 5.92 Å². The molecule has 132 valence electrons. The van der Waals surface area contributed by atoms with Gasteiger partial charge < -0.3 is 15.7 Å². The van der Waals surface area contributed by atoms with Gasteiger partial charge in [0.15, 0.2) is 0 Å². The lowest BCUT2D eigenvalue weighted by Crippen LogP contribution is -2.37. The van der Waals surface area contributed by atoms with Crippen molar-refractivity contribution in [3.63, 3.8) is 0 Å². The topological polar surface area (TPSA) is 88.2 Å². The third-order valence-electron chi connectivity index (χ3n) is 4.83. The zero-order chi connectivity index (χ0) is 17.8. The summed E-state index contributed by atoms with van der Waals surface area (Å²) >= 11 is 0. The molecule has 25 heavy (non-hydrogen) atoms. The maximum atomic E-state index is 10.6. The highest BCUT2D eigenvalue weighted by Crippen LogP contribution is 2.32. The molecule has 2 aromatic heterocycles. The normalized spacial score (nSPS) is 16.6. The summed E-state index contributed by atoms with van der Waals surface area (Å²) in [5, 5.41) is 10.6. The largest absolute Gasteiger partial charge is 0.387 e. The maximum absolute atomic E-state index is 10.6. The lowest BCUT2D eigenvalue weighted by molar-refractivity contribution is 0.0890. The van der Waals surface area contributed by atoms with E-state index in [1.54, 1.807) is 6.20 Å². The van der Waals surface area contributed by atoms with Crippen molar-refractivity contribution in [3.8, 4) is 0 Å². The number of aryl methyl sites for hydroxylation is 1. The Balaban J connectivity index is 1.73. The summed E-state index contributed by atoms with van der Waals surface area (Å²) in [7, 11) is 0. The second kappa shape index (κ2) is 7.61. The number of nitrogen functional groups attached to an aromatic ring is 1. The zero-order valence-corrected chi connectivity index (χ0v) is 14.6. The number of rotatable bonds is 5. The number of aliphatic hydroxyl groups is 1. The lowest BCUT2D eigenvalue weighted by atomic mass is 9.89. The predicted octanol–water partition coefficient (Wildman–Crippen LogP) is 2.44. The number of aromatic nitrogens is 3. The minimum atomic E-state index is -0.520. The highest BCUT2D eigenvalue weighted by atomic mass is 16.3.